The van der Waals surface area contributed by atoms with Gasteiger partial charge in [0.2, 0.25) is 0 Å². The second kappa shape index (κ2) is 10.9. The SMILES string of the molecule is c1ccc(-c2nc3ccccc3c3c2cc(-c2c4ccccc4c(-c4ccc5oc6ccccc6c5c4)c4ccccc24)c2ccccc23)cc1. The summed E-state index contributed by atoms with van der Waals surface area (Å²) in [6.45, 7) is 0. The average molecular weight is 648 g/mol. The number of para-hydroxylation sites is 2. The summed E-state index contributed by atoms with van der Waals surface area (Å²) < 4.78 is 6.23. The number of hydrogen-bond donors (Lipinski definition) is 0. The van der Waals surface area contributed by atoms with E-state index in [1.807, 2.05) is 12.1 Å². The highest BCUT2D eigenvalue weighted by molar-refractivity contribution is 6.29. The van der Waals surface area contributed by atoms with Crippen LogP contribution < -0.4 is 0 Å². The molecular weight excluding hydrogens is 619 g/mol. The molecule has 51 heavy (non-hydrogen) atoms. The van der Waals surface area contributed by atoms with Gasteiger partial charge in [0.25, 0.3) is 0 Å². The summed E-state index contributed by atoms with van der Waals surface area (Å²) in [4.78, 5) is 5.33. The molecule has 0 fully saturated rings. The zero-order valence-corrected chi connectivity index (χ0v) is 27.6. The molecule has 0 spiro atoms. The van der Waals surface area contributed by atoms with Crippen LogP contribution in [0.15, 0.2) is 180 Å². The number of furan rings is 1. The van der Waals surface area contributed by atoms with Crippen LogP contribution in [-0.2, 0) is 0 Å². The number of pyridine rings is 1. The number of fused-ring (bicyclic) bond motifs is 10. The Morgan fingerprint density at radius 1 is 0.333 bits per heavy atom. The zero-order valence-electron chi connectivity index (χ0n) is 27.6. The monoisotopic (exact) mass is 647 g/mol. The van der Waals surface area contributed by atoms with E-state index in [1.54, 1.807) is 0 Å². The summed E-state index contributed by atoms with van der Waals surface area (Å²) in [6.07, 6.45) is 0. The van der Waals surface area contributed by atoms with Gasteiger partial charge in [-0.25, -0.2) is 4.98 Å². The maximum atomic E-state index is 6.23. The van der Waals surface area contributed by atoms with Crippen molar-refractivity contribution in [2.75, 3.05) is 0 Å². The molecule has 0 radical (unpaired) electrons. The maximum Gasteiger partial charge on any atom is 0.135 e. The van der Waals surface area contributed by atoms with Crippen molar-refractivity contribution in [3.05, 3.63) is 176 Å². The molecule has 0 aliphatic heterocycles. The Bertz CT molecular complexity index is 3130. The van der Waals surface area contributed by atoms with Gasteiger partial charge in [0, 0.05) is 32.5 Å². The quantitative estimate of drug-likeness (QED) is 0.141. The fraction of sp³-hybridized carbons (Fsp3) is 0. The minimum absolute atomic E-state index is 0.906. The van der Waals surface area contributed by atoms with E-state index in [0.29, 0.717) is 0 Å². The van der Waals surface area contributed by atoms with Crippen LogP contribution in [-0.4, -0.2) is 4.98 Å². The lowest BCUT2D eigenvalue weighted by Crippen LogP contribution is -1.95. The molecule has 0 unspecified atom stereocenters. The predicted octanol–water partition coefficient (Wildman–Crippen LogP) is 13.7. The van der Waals surface area contributed by atoms with E-state index in [1.165, 1.54) is 65.3 Å². The number of hydrogen-bond acceptors (Lipinski definition) is 2. The van der Waals surface area contributed by atoms with Gasteiger partial charge in [-0.1, -0.05) is 146 Å². The molecule has 0 saturated carbocycles. The van der Waals surface area contributed by atoms with Gasteiger partial charge < -0.3 is 4.42 Å². The third-order valence-electron chi connectivity index (χ3n) is 10.6. The molecule has 236 valence electrons. The molecule has 0 amide bonds. The van der Waals surface area contributed by atoms with Crippen molar-refractivity contribution in [3.63, 3.8) is 0 Å². The highest BCUT2D eigenvalue weighted by Gasteiger charge is 2.22. The lowest BCUT2D eigenvalue weighted by Gasteiger charge is -2.20. The maximum absolute atomic E-state index is 6.23. The summed E-state index contributed by atoms with van der Waals surface area (Å²) in [7, 11) is 0. The Labute approximate surface area is 293 Å². The standard InChI is InChI=1S/C49H29NO/c1-2-14-30(15-3-1)49-42-29-41(32-16-4-5-18-34(32)48(42)39-23-10-12-24-43(39)50-49)47-37-21-8-6-19-35(37)46(36-20-7-9-22-38(36)47)31-26-27-45-40(28-31)33-17-11-13-25-44(33)51-45/h1-29H. The van der Waals surface area contributed by atoms with Crippen molar-refractivity contribution in [1.82, 2.24) is 4.98 Å². The predicted molar refractivity (Wildman–Crippen MR) is 215 cm³/mol. The van der Waals surface area contributed by atoms with Gasteiger partial charge in [0.1, 0.15) is 11.2 Å². The summed E-state index contributed by atoms with van der Waals surface area (Å²) in [5, 5.41) is 13.2. The highest BCUT2D eigenvalue weighted by atomic mass is 16.3. The third-order valence-corrected chi connectivity index (χ3v) is 10.6. The van der Waals surface area contributed by atoms with Crippen molar-refractivity contribution in [2.24, 2.45) is 0 Å². The molecule has 0 bridgehead atoms. The molecule has 0 aliphatic rings. The number of rotatable bonds is 3. The lowest BCUT2D eigenvalue weighted by atomic mass is 9.83. The summed E-state index contributed by atoms with van der Waals surface area (Å²) in [6, 6.07) is 63.3. The summed E-state index contributed by atoms with van der Waals surface area (Å²) >= 11 is 0. The van der Waals surface area contributed by atoms with E-state index in [-0.39, 0.29) is 0 Å². The van der Waals surface area contributed by atoms with E-state index in [4.69, 9.17) is 9.40 Å². The molecule has 0 N–H and O–H groups in total. The summed E-state index contributed by atoms with van der Waals surface area (Å²) in [5.41, 5.74) is 9.80. The minimum Gasteiger partial charge on any atom is -0.456 e. The highest BCUT2D eigenvalue weighted by Crippen LogP contribution is 2.48. The molecule has 0 aliphatic carbocycles. The van der Waals surface area contributed by atoms with E-state index in [9.17, 15) is 0 Å². The van der Waals surface area contributed by atoms with Crippen molar-refractivity contribution in [2.45, 2.75) is 0 Å². The van der Waals surface area contributed by atoms with Crippen LogP contribution in [0.1, 0.15) is 0 Å². The fourth-order valence-electron chi connectivity index (χ4n) is 8.45. The van der Waals surface area contributed by atoms with Crippen LogP contribution in [0.25, 0.3) is 109 Å². The van der Waals surface area contributed by atoms with E-state index >= 15 is 0 Å². The van der Waals surface area contributed by atoms with Gasteiger partial charge in [0.15, 0.2) is 0 Å². The van der Waals surface area contributed by atoms with Crippen LogP contribution in [0.3, 0.4) is 0 Å². The van der Waals surface area contributed by atoms with Gasteiger partial charge in [-0.15, -0.1) is 0 Å². The Morgan fingerprint density at radius 2 is 0.882 bits per heavy atom. The third kappa shape index (κ3) is 4.14. The van der Waals surface area contributed by atoms with Gasteiger partial charge in [0.05, 0.1) is 11.2 Å². The van der Waals surface area contributed by atoms with Crippen molar-refractivity contribution < 1.29 is 4.42 Å². The number of aromatic nitrogens is 1. The van der Waals surface area contributed by atoms with Crippen LogP contribution in [0.5, 0.6) is 0 Å². The Morgan fingerprint density at radius 3 is 1.61 bits per heavy atom. The van der Waals surface area contributed by atoms with Crippen molar-refractivity contribution in [1.29, 1.82) is 0 Å². The second-order valence-corrected chi connectivity index (χ2v) is 13.4. The van der Waals surface area contributed by atoms with Gasteiger partial charge in [-0.2, -0.15) is 0 Å². The van der Waals surface area contributed by atoms with E-state index in [0.717, 1.165) is 44.1 Å². The molecule has 2 nitrogen and oxygen atoms in total. The molecule has 0 atom stereocenters. The fourth-order valence-corrected chi connectivity index (χ4v) is 8.45. The van der Waals surface area contributed by atoms with Gasteiger partial charge in [-0.3, -0.25) is 0 Å². The molecule has 2 heterocycles. The Balaban J connectivity index is 1.29. The first-order valence-corrected chi connectivity index (χ1v) is 17.5. The first-order valence-electron chi connectivity index (χ1n) is 17.5. The second-order valence-electron chi connectivity index (χ2n) is 13.4. The Hall–Kier alpha value is -6.77. The van der Waals surface area contributed by atoms with Gasteiger partial charge >= 0.3 is 0 Å². The molecular formula is C49H29NO. The van der Waals surface area contributed by atoms with Crippen molar-refractivity contribution in [3.8, 4) is 33.5 Å². The normalized spacial score (nSPS) is 11.9. The topological polar surface area (TPSA) is 26.0 Å². The van der Waals surface area contributed by atoms with E-state index in [2.05, 4.69) is 164 Å². The molecule has 2 heteroatoms. The molecule has 9 aromatic carbocycles. The molecule has 2 aromatic heterocycles. The smallest absolute Gasteiger partial charge is 0.135 e. The van der Waals surface area contributed by atoms with Crippen LogP contribution in [0.4, 0.5) is 0 Å². The number of benzene rings is 9. The van der Waals surface area contributed by atoms with E-state index < -0.39 is 0 Å². The van der Waals surface area contributed by atoms with Crippen LogP contribution >= 0.6 is 0 Å². The van der Waals surface area contributed by atoms with Crippen LogP contribution in [0, 0.1) is 0 Å². The first-order chi connectivity index (χ1) is 25.3. The minimum atomic E-state index is 0.906. The number of nitrogens with zero attached hydrogens (tertiary/aromatic N) is 1. The van der Waals surface area contributed by atoms with Gasteiger partial charge in [-0.05, 0) is 84.9 Å². The molecule has 11 aromatic rings. The molecule has 11 rings (SSSR count). The van der Waals surface area contributed by atoms with Crippen molar-refractivity contribution >= 4 is 75.9 Å². The average Bonchev–Trinajstić information content (AvgIpc) is 3.57. The molecule has 0 saturated heterocycles. The zero-order chi connectivity index (χ0) is 33.5. The summed E-state index contributed by atoms with van der Waals surface area (Å²) in [5.74, 6) is 0. The lowest BCUT2D eigenvalue weighted by molar-refractivity contribution is 0.669. The Kier molecular flexibility index (Phi) is 5.99. The first kappa shape index (κ1) is 28.1. The van der Waals surface area contributed by atoms with Crippen LogP contribution in [0.2, 0.25) is 0 Å². The largest absolute Gasteiger partial charge is 0.456 e.